The number of carbonyl (C=O) groups excluding carboxylic acids is 1. The fourth-order valence-corrected chi connectivity index (χ4v) is 2.99. The van der Waals surface area contributed by atoms with Crippen molar-refractivity contribution in [1.82, 2.24) is 10.4 Å². The maximum atomic E-state index is 13.8. The molecule has 142 valence electrons. The van der Waals surface area contributed by atoms with E-state index in [1.54, 1.807) is 6.07 Å². The second-order valence-corrected chi connectivity index (χ2v) is 6.80. The number of hydrogen-bond donors (Lipinski definition) is 2. The van der Waals surface area contributed by atoms with Crippen molar-refractivity contribution < 1.29 is 18.0 Å². The first-order valence-electron chi connectivity index (χ1n) is 7.77. The van der Waals surface area contributed by atoms with E-state index in [-0.39, 0.29) is 16.3 Å². The zero-order valence-electron chi connectivity index (χ0n) is 13.9. The summed E-state index contributed by atoms with van der Waals surface area (Å²) in [4.78, 5) is 12.6. The van der Waals surface area contributed by atoms with Crippen molar-refractivity contribution in [3.05, 3.63) is 64.5 Å². The Morgan fingerprint density at radius 2 is 1.93 bits per heavy atom. The maximum absolute atomic E-state index is 13.8. The second-order valence-electron chi connectivity index (χ2n) is 5.98. The minimum absolute atomic E-state index is 0.157. The van der Waals surface area contributed by atoms with E-state index in [0.29, 0.717) is 10.6 Å². The van der Waals surface area contributed by atoms with Crippen molar-refractivity contribution in [3.63, 3.8) is 0 Å². The molecule has 3 rings (SSSR count). The van der Waals surface area contributed by atoms with Crippen LogP contribution in [-0.4, -0.2) is 29.9 Å². The molecular weight excluding hydrogens is 402 g/mol. The Morgan fingerprint density at radius 1 is 1.19 bits per heavy atom. The average Bonchev–Trinajstić information content (AvgIpc) is 3.02. The smallest absolute Gasteiger partial charge is 0.270 e. The van der Waals surface area contributed by atoms with Crippen LogP contribution in [0.25, 0.3) is 11.1 Å². The number of rotatable bonds is 4. The van der Waals surface area contributed by atoms with Crippen molar-refractivity contribution in [2.75, 3.05) is 12.4 Å². The van der Waals surface area contributed by atoms with Gasteiger partial charge in [0.25, 0.3) is 12.3 Å². The van der Waals surface area contributed by atoms with Crippen LogP contribution in [0.15, 0.2) is 48.7 Å². The van der Waals surface area contributed by atoms with Crippen LogP contribution in [0, 0.1) is 5.82 Å². The summed E-state index contributed by atoms with van der Waals surface area (Å²) < 4.78 is 41.0. The van der Waals surface area contributed by atoms with Gasteiger partial charge in [0.05, 0.1) is 10.0 Å². The standard InChI is InChI=1S/C18H14Cl2F3N3O/c1-26-7-6-18(25-26,16(22)23)17(27)24-15-5-3-11(21)9-12(15)10-2-4-13(19)14(20)8-10/h2-9,16,25H,1H3,(H,24,27). The van der Waals surface area contributed by atoms with Crippen LogP contribution in [0.3, 0.4) is 0 Å². The molecule has 0 spiro atoms. The second kappa shape index (κ2) is 7.42. The van der Waals surface area contributed by atoms with Gasteiger partial charge in [0.1, 0.15) is 5.82 Å². The minimum Gasteiger partial charge on any atom is -0.323 e. The Kier molecular flexibility index (Phi) is 5.37. The fraction of sp³-hybridized carbons (Fsp3) is 0.167. The summed E-state index contributed by atoms with van der Waals surface area (Å²) in [5, 5.41) is 4.26. The van der Waals surface area contributed by atoms with Crippen LogP contribution in [-0.2, 0) is 4.79 Å². The molecule has 4 nitrogen and oxygen atoms in total. The van der Waals surface area contributed by atoms with E-state index in [4.69, 9.17) is 23.2 Å². The third kappa shape index (κ3) is 3.76. The molecule has 2 N–H and O–H groups in total. The summed E-state index contributed by atoms with van der Waals surface area (Å²) in [6.45, 7) is 0. The third-order valence-electron chi connectivity index (χ3n) is 4.10. The molecule has 0 radical (unpaired) electrons. The molecular formula is C18H14Cl2F3N3O. The normalized spacial score (nSPS) is 19.0. The highest BCUT2D eigenvalue weighted by atomic mass is 35.5. The molecule has 2 aromatic carbocycles. The van der Waals surface area contributed by atoms with Gasteiger partial charge in [-0.25, -0.2) is 18.6 Å². The van der Waals surface area contributed by atoms with Gasteiger partial charge in [-0.2, -0.15) is 0 Å². The van der Waals surface area contributed by atoms with Gasteiger partial charge in [-0.1, -0.05) is 29.3 Å². The number of hydrogen-bond acceptors (Lipinski definition) is 3. The summed E-state index contributed by atoms with van der Waals surface area (Å²) in [6.07, 6.45) is -0.599. The van der Waals surface area contributed by atoms with Gasteiger partial charge in [0.15, 0.2) is 5.54 Å². The fourth-order valence-electron chi connectivity index (χ4n) is 2.70. The number of alkyl halides is 2. The molecule has 1 amide bonds. The monoisotopic (exact) mass is 415 g/mol. The third-order valence-corrected chi connectivity index (χ3v) is 4.84. The molecule has 1 atom stereocenters. The summed E-state index contributed by atoms with van der Waals surface area (Å²) in [5.41, 5.74) is 1.10. The van der Waals surface area contributed by atoms with Gasteiger partial charge in [-0.05, 0) is 42.0 Å². The van der Waals surface area contributed by atoms with Gasteiger partial charge in [0.2, 0.25) is 0 Å². The van der Waals surface area contributed by atoms with Crippen molar-refractivity contribution in [1.29, 1.82) is 0 Å². The van der Waals surface area contributed by atoms with Crippen LogP contribution in [0.5, 0.6) is 0 Å². The molecule has 1 aliphatic rings. The molecule has 9 heteroatoms. The predicted octanol–water partition coefficient (Wildman–Crippen LogP) is 4.71. The number of amides is 1. The van der Waals surface area contributed by atoms with Crippen molar-refractivity contribution >= 4 is 34.8 Å². The van der Waals surface area contributed by atoms with Crippen LogP contribution in [0.2, 0.25) is 10.0 Å². The number of halogens is 5. The highest BCUT2D eigenvalue weighted by Gasteiger charge is 2.48. The molecule has 0 saturated carbocycles. The van der Waals surface area contributed by atoms with Gasteiger partial charge < -0.3 is 10.3 Å². The molecule has 0 bridgehead atoms. The Morgan fingerprint density at radius 3 is 2.52 bits per heavy atom. The lowest BCUT2D eigenvalue weighted by molar-refractivity contribution is -0.127. The maximum Gasteiger partial charge on any atom is 0.270 e. The number of nitrogens with one attached hydrogen (secondary N) is 2. The average molecular weight is 416 g/mol. The SMILES string of the molecule is CN1C=CC(C(=O)Nc2ccc(F)cc2-c2ccc(Cl)c(Cl)c2)(C(F)F)N1. The zero-order valence-corrected chi connectivity index (χ0v) is 15.5. The van der Waals surface area contributed by atoms with Gasteiger partial charge in [-0.3, -0.25) is 4.79 Å². The van der Waals surface area contributed by atoms with E-state index in [1.807, 2.05) is 0 Å². The van der Waals surface area contributed by atoms with E-state index in [2.05, 4.69) is 10.7 Å². The summed E-state index contributed by atoms with van der Waals surface area (Å²) in [5.74, 6) is -1.54. The highest BCUT2D eigenvalue weighted by Crippen LogP contribution is 2.34. The van der Waals surface area contributed by atoms with Gasteiger partial charge in [-0.15, -0.1) is 0 Å². The molecule has 0 saturated heterocycles. The van der Waals surface area contributed by atoms with Crippen LogP contribution in [0.1, 0.15) is 0 Å². The molecule has 0 aliphatic carbocycles. The summed E-state index contributed by atoms with van der Waals surface area (Å²) in [6, 6.07) is 8.20. The van der Waals surface area contributed by atoms with Gasteiger partial charge in [0, 0.05) is 24.5 Å². The van der Waals surface area contributed by atoms with Crippen LogP contribution < -0.4 is 10.7 Å². The Hall–Kier alpha value is -2.22. The predicted molar refractivity (Wildman–Crippen MR) is 99.3 cm³/mol. The largest absolute Gasteiger partial charge is 0.323 e. The Balaban J connectivity index is 1.99. The lowest BCUT2D eigenvalue weighted by atomic mass is 9.99. The Bertz CT molecular complexity index is 923. The van der Waals surface area contributed by atoms with Crippen LogP contribution >= 0.6 is 23.2 Å². The number of carbonyl (C=O) groups is 1. The molecule has 27 heavy (non-hydrogen) atoms. The Labute approximate surface area is 163 Å². The molecule has 1 aliphatic heterocycles. The molecule has 0 aromatic heterocycles. The number of anilines is 1. The zero-order chi connectivity index (χ0) is 19.8. The van der Waals surface area contributed by atoms with E-state index in [0.717, 1.165) is 12.1 Å². The lowest BCUT2D eigenvalue weighted by Gasteiger charge is -2.28. The summed E-state index contributed by atoms with van der Waals surface area (Å²) >= 11 is 11.9. The van der Waals surface area contributed by atoms with Crippen molar-refractivity contribution in [2.24, 2.45) is 0 Å². The first kappa shape index (κ1) is 19.5. The van der Waals surface area contributed by atoms with Crippen molar-refractivity contribution in [3.8, 4) is 11.1 Å². The number of hydrazine groups is 1. The van der Waals surface area contributed by atoms with Crippen molar-refractivity contribution in [2.45, 2.75) is 12.0 Å². The number of benzene rings is 2. The first-order valence-corrected chi connectivity index (χ1v) is 8.53. The first-order chi connectivity index (χ1) is 12.7. The van der Waals surface area contributed by atoms with Gasteiger partial charge >= 0.3 is 0 Å². The molecule has 2 aromatic rings. The molecule has 1 unspecified atom stereocenters. The molecule has 1 heterocycles. The summed E-state index contributed by atoms with van der Waals surface area (Å²) in [7, 11) is 1.49. The van der Waals surface area contributed by atoms with E-state index in [9.17, 15) is 18.0 Å². The lowest BCUT2D eigenvalue weighted by Crippen LogP contribution is -2.58. The topological polar surface area (TPSA) is 44.4 Å². The van der Waals surface area contributed by atoms with E-state index >= 15 is 0 Å². The van der Waals surface area contributed by atoms with Crippen LogP contribution in [0.4, 0.5) is 18.9 Å². The highest BCUT2D eigenvalue weighted by molar-refractivity contribution is 6.42. The minimum atomic E-state index is -3.01. The van der Waals surface area contributed by atoms with E-state index in [1.165, 1.54) is 42.5 Å². The van der Waals surface area contributed by atoms with E-state index < -0.39 is 23.7 Å². The molecule has 0 fully saturated rings. The quantitative estimate of drug-likeness (QED) is 0.759. The number of nitrogens with zero attached hydrogens (tertiary/aromatic N) is 1.